The van der Waals surface area contributed by atoms with Gasteiger partial charge in [-0.25, -0.2) is 4.79 Å². The van der Waals surface area contributed by atoms with Gasteiger partial charge in [-0.3, -0.25) is 4.79 Å². The highest BCUT2D eigenvalue weighted by atomic mass is 16.5. The molecule has 0 N–H and O–H groups in total. The highest BCUT2D eigenvalue weighted by Gasteiger charge is 2.11. The Balaban J connectivity index is 2.30. The maximum atomic E-state index is 12.3. The molecule has 0 aromatic heterocycles. The van der Waals surface area contributed by atoms with Crippen LogP contribution in [0.2, 0.25) is 0 Å². The Morgan fingerprint density at radius 1 is 0.769 bits per heavy atom. The van der Waals surface area contributed by atoms with Gasteiger partial charge in [0.05, 0.1) is 39.6 Å². The van der Waals surface area contributed by atoms with E-state index in [9.17, 15) is 9.59 Å². The van der Waals surface area contributed by atoms with Crippen LogP contribution in [0.25, 0.3) is 0 Å². The van der Waals surface area contributed by atoms with Crippen molar-refractivity contribution in [1.29, 1.82) is 0 Å². The first kappa shape index (κ1) is 18.9. The van der Waals surface area contributed by atoms with E-state index in [1.807, 2.05) is 0 Å². The summed E-state index contributed by atoms with van der Waals surface area (Å²) in [4.78, 5) is 23.7. The summed E-state index contributed by atoms with van der Waals surface area (Å²) in [5, 5.41) is 0. The zero-order valence-corrected chi connectivity index (χ0v) is 14.9. The Morgan fingerprint density at radius 3 is 1.85 bits per heavy atom. The molecule has 26 heavy (non-hydrogen) atoms. The minimum Gasteiger partial charge on any atom is -0.495 e. The van der Waals surface area contributed by atoms with Crippen LogP contribution >= 0.6 is 0 Å². The molecule has 0 bridgehead atoms. The third-order valence-electron chi connectivity index (χ3n) is 3.58. The van der Waals surface area contributed by atoms with E-state index in [4.69, 9.17) is 14.2 Å². The third-order valence-corrected chi connectivity index (χ3v) is 3.58. The zero-order chi connectivity index (χ0) is 19.1. The van der Waals surface area contributed by atoms with Crippen molar-refractivity contribution >= 4 is 11.8 Å². The summed E-state index contributed by atoms with van der Waals surface area (Å²) < 4.78 is 20.3. The highest BCUT2D eigenvalue weighted by molar-refractivity contribution is 6.09. The fourth-order valence-electron chi connectivity index (χ4n) is 2.20. The largest absolute Gasteiger partial charge is 0.495 e. The van der Waals surface area contributed by atoms with E-state index >= 15 is 0 Å². The summed E-state index contributed by atoms with van der Waals surface area (Å²) >= 11 is 0. The van der Waals surface area contributed by atoms with Crippen molar-refractivity contribution in [1.82, 2.24) is 0 Å². The number of methoxy groups -OCH3 is 4. The molecular formula is C20H18O6. The number of Topliss-reactive ketones (excluding diaryl/α,β-unsaturated/α-hetero) is 1. The highest BCUT2D eigenvalue weighted by Crippen LogP contribution is 2.34. The molecule has 0 aliphatic carbocycles. The maximum absolute atomic E-state index is 12.3. The monoisotopic (exact) mass is 354 g/mol. The number of esters is 1. The molecule has 2 rings (SSSR count). The molecule has 6 heteroatoms. The summed E-state index contributed by atoms with van der Waals surface area (Å²) in [7, 11) is 5.82. The van der Waals surface area contributed by atoms with Crippen molar-refractivity contribution in [3.8, 4) is 29.1 Å². The number of carbonyl (C=O) groups excluding carboxylic acids is 2. The number of carbonyl (C=O) groups is 2. The molecule has 0 heterocycles. The molecule has 0 unspecified atom stereocenters. The van der Waals surface area contributed by atoms with Crippen LogP contribution in [0.4, 0.5) is 0 Å². The molecule has 0 aliphatic heterocycles. The summed E-state index contributed by atoms with van der Waals surface area (Å²) in [5.74, 6) is 5.93. The van der Waals surface area contributed by atoms with Crippen LogP contribution in [0.1, 0.15) is 26.3 Å². The van der Waals surface area contributed by atoms with E-state index in [1.54, 1.807) is 12.1 Å². The normalized spacial score (nSPS) is 9.54. The smallest absolute Gasteiger partial charge is 0.337 e. The van der Waals surface area contributed by atoms with E-state index in [-0.39, 0.29) is 0 Å². The van der Waals surface area contributed by atoms with Gasteiger partial charge in [0.2, 0.25) is 5.78 Å². The summed E-state index contributed by atoms with van der Waals surface area (Å²) in [6.45, 7) is 0. The minimum atomic E-state index is -0.467. The van der Waals surface area contributed by atoms with Gasteiger partial charge in [-0.2, -0.15) is 0 Å². The lowest BCUT2D eigenvalue weighted by molar-refractivity contribution is 0.0600. The van der Waals surface area contributed by atoms with Gasteiger partial charge in [0, 0.05) is 17.7 Å². The predicted molar refractivity (Wildman–Crippen MR) is 95.1 cm³/mol. The van der Waals surface area contributed by atoms with Crippen LogP contribution in [0.3, 0.4) is 0 Å². The molecule has 0 spiro atoms. The fraction of sp³-hybridized carbons (Fsp3) is 0.200. The van der Waals surface area contributed by atoms with Crippen molar-refractivity contribution < 1.29 is 28.5 Å². The Kier molecular flexibility index (Phi) is 6.23. The average molecular weight is 354 g/mol. The van der Waals surface area contributed by atoms with Gasteiger partial charge in [0.25, 0.3) is 0 Å². The van der Waals surface area contributed by atoms with Crippen molar-refractivity contribution in [2.24, 2.45) is 0 Å². The lowest BCUT2D eigenvalue weighted by Crippen LogP contribution is -2.02. The Bertz CT molecular complexity index is 872. The number of ketones is 1. The first-order chi connectivity index (χ1) is 12.5. The van der Waals surface area contributed by atoms with Crippen LogP contribution in [-0.4, -0.2) is 40.2 Å². The molecule has 2 aromatic carbocycles. The van der Waals surface area contributed by atoms with Crippen LogP contribution < -0.4 is 14.2 Å². The van der Waals surface area contributed by atoms with Gasteiger partial charge in [-0.1, -0.05) is 5.92 Å². The third kappa shape index (κ3) is 4.14. The van der Waals surface area contributed by atoms with Crippen LogP contribution in [-0.2, 0) is 4.74 Å². The lowest BCUT2D eigenvalue weighted by Gasteiger charge is -2.11. The van der Waals surface area contributed by atoms with Gasteiger partial charge in [-0.15, -0.1) is 0 Å². The SMILES string of the molecule is COC(=O)c1ccc(C(=O)C#Cc2cc(OC)c(OC)cc2OC)cc1. The van der Waals surface area contributed by atoms with E-state index in [0.29, 0.717) is 33.9 Å². The topological polar surface area (TPSA) is 71.1 Å². The van der Waals surface area contributed by atoms with Crippen molar-refractivity contribution in [3.05, 3.63) is 53.1 Å². The first-order valence-corrected chi connectivity index (χ1v) is 7.58. The maximum Gasteiger partial charge on any atom is 0.337 e. The first-order valence-electron chi connectivity index (χ1n) is 7.58. The van der Waals surface area contributed by atoms with Gasteiger partial charge in [0.15, 0.2) is 11.5 Å². The number of hydrogen-bond acceptors (Lipinski definition) is 6. The number of benzene rings is 2. The van der Waals surface area contributed by atoms with Gasteiger partial charge < -0.3 is 18.9 Å². The Labute approximate surface area is 151 Å². The summed E-state index contributed by atoms with van der Waals surface area (Å²) in [6, 6.07) is 9.34. The van der Waals surface area contributed by atoms with E-state index in [0.717, 1.165) is 0 Å². The molecule has 6 nitrogen and oxygen atoms in total. The standard InChI is InChI=1S/C20H18O6/c1-23-17-12-19(25-3)18(24-2)11-15(17)9-10-16(21)13-5-7-14(8-6-13)20(22)26-4/h5-8,11-12H,1-4H3. The molecule has 0 saturated carbocycles. The molecule has 0 fully saturated rings. The van der Waals surface area contributed by atoms with Gasteiger partial charge in [-0.05, 0) is 30.2 Å². The molecule has 0 atom stereocenters. The number of rotatable bonds is 5. The van der Waals surface area contributed by atoms with E-state index in [1.165, 1.54) is 52.7 Å². The summed E-state index contributed by atoms with van der Waals surface area (Å²) in [6.07, 6.45) is 0. The number of hydrogen-bond donors (Lipinski definition) is 0. The Hall–Kier alpha value is -3.46. The second-order valence-electron chi connectivity index (χ2n) is 5.06. The molecule has 0 aliphatic rings. The number of ether oxygens (including phenoxy) is 4. The summed E-state index contributed by atoms with van der Waals surface area (Å²) in [5.41, 5.74) is 1.22. The van der Waals surface area contributed by atoms with Crippen molar-refractivity contribution in [2.75, 3.05) is 28.4 Å². The second kappa shape index (κ2) is 8.58. The fourth-order valence-corrected chi connectivity index (χ4v) is 2.20. The Morgan fingerprint density at radius 2 is 1.31 bits per heavy atom. The van der Waals surface area contributed by atoms with Crippen LogP contribution in [0.15, 0.2) is 36.4 Å². The molecule has 134 valence electrons. The van der Waals surface area contributed by atoms with Crippen LogP contribution in [0, 0.1) is 11.8 Å². The van der Waals surface area contributed by atoms with Gasteiger partial charge in [0.1, 0.15) is 5.75 Å². The van der Waals surface area contributed by atoms with Crippen molar-refractivity contribution in [2.45, 2.75) is 0 Å². The van der Waals surface area contributed by atoms with E-state index in [2.05, 4.69) is 16.6 Å². The molecule has 0 saturated heterocycles. The molecule has 0 radical (unpaired) electrons. The molecule has 2 aromatic rings. The van der Waals surface area contributed by atoms with Crippen LogP contribution in [0.5, 0.6) is 17.2 Å². The molecule has 0 amide bonds. The molecular weight excluding hydrogens is 336 g/mol. The minimum absolute atomic E-state index is 0.360. The van der Waals surface area contributed by atoms with Gasteiger partial charge >= 0.3 is 5.97 Å². The van der Waals surface area contributed by atoms with E-state index < -0.39 is 11.8 Å². The second-order valence-corrected chi connectivity index (χ2v) is 5.06. The predicted octanol–water partition coefficient (Wildman–Crippen LogP) is 2.73. The lowest BCUT2D eigenvalue weighted by atomic mass is 10.1. The quantitative estimate of drug-likeness (QED) is 0.467. The van der Waals surface area contributed by atoms with Crippen molar-refractivity contribution in [3.63, 3.8) is 0 Å². The zero-order valence-electron chi connectivity index (χ0n) is 14.9. The average Bonchev–Trinajstić information content (AvgIpc) is 2.70.